The van der Waals surface area contributed by atoms with Crippen LogP contribution in [-0.2, 0) is 10.0 Å². The van der Waals surface area contributed by atoms with Crippen LogP contribution in [0.4, 0.5) is 27.6 Å². The number of carbonyl (C=O) groups is 1. The predicted molar refractivity (Wildman–Crippen MR) is 158 cm³/mol. The molecule has 0 saturated carbocycles. The fourth-order valence-corrected chi connectivity index (χ4v) is 6.13. The van der Waals surface area contributed by atoms with E-state index in [1.165, 1.54) is 43.3 Å². The highest BCUT2D eigenvalue weighted by molar-refractivity contribution is 7.92. The Hall–Kier alpha value is -4.36. The molecule has 14 heteroatoms. The van der Waals surface area contributed by atoms with E-state index in [0.29, 0.717) is 12.0 Å². The minimum atomic E-state index is -4.85. The van der Waals surface area contributed by atoms with Gasteiger partial charge in [0.25, 0.3) is 15.9 Å². The first kappa shape index (κ1) is 33.5. The van der Waals surface area contributed by atoms with Crippen LogP contribution in [0.1, 0.15) is 35.3 Å². The van der Waals surface area contributed by atoms with Crippen molar-refractivity contribution in [1.82, 2.24) is 5.32 Å². The zero-order chi connectivity index (χ0) is 32.8. The smallest absolute Gasteiger partial charge is 0.493 e. The van der Waals surface area contributed by atoms with Crippen molar-refractivity contribution in [3.05, 3.63) is 119 Å². The number of hydrogen-bond donors (Lipinski definition) is 1. The van der Waals surface area contributed by atoms with Crippen LogP contribution in [0.2, 0.25) is 5.02 Å². The zero-order valence-corrected chi connectivity index (χ0v) is 25.1. The van der Waals surface area contributed by atoms with E-state index in [1.54, 1.807) is 24.3 Å². The number of alkyl halides is 3. The number of carbonyl (C=O) groups excluding carboxylic acids is 1. The highest BCUT2D eigenvalue weighted by Crippen LogP contribution is 2.38. The van der Waals surface area contributed by atoms with E-state index >= 15 is 4.39 Å². The summed E-state index contributed by atoms with van der Waals surface area (Å²) in [5.41, 5.74) is -0.0342. The number of anilines is 1. The summed E-state index contributed by atoms with van der Waals surface area (Å²) in [5.74, 6) is -2.52. The van der Waals surface area contributed by atoms with Crippen LogP contribution in [-0.4, -0.2) is 33.8 Å². The summed E-state index contributed by atoms with van der Waals surface area (Å²) in [7, 11) is -4.45. The molecule has 4 aromatic rings. The Kier molecular flexibility index (Phi) is 10.6. The summed E-state index contributed by atoms with van der Waals surface area (Å²) < 4.78 is 105. The highest BCUT2D eigenvalue weighted by Gasteiger charge is 2.34. The van der Waals surface area contributed by atoms with Crippen LogP contribution in [0.25, 0.3) is 0 Å². The molecule has 0 aliphatic rings. The quantitative estimate of drug-likeness (QED) is 0.124. The second-order valence-corrected chi connectivity index (χ2v) is 11.8. The first-order valence-corrected chi connectivity index (χ1v) is 15.2. The van der Waals surface area contributed by atoms with Crippen LogP contribution in [0.5, 0.6) is 11.5 Å². The summed E-state index contributed by atoms with van der Waals surface area (Å²) in [6.07, 6.45) is -4.55. The molecule has 1 unspecified atom stereocenters. The number of para-hydroxylation sites is 1. The summed E-state index contributed by atoms with van der Waals surface area (Å²) >= 11 is 5.93. The monoisotopic (exact) mass is 668 g/mol. The minimum Gasteiger partial charge on any atom is -0.493 e. The Morgan fingerprint density at radius 2 is 1.62 bits per heavy atom. The first-order valence-electron chi connectivity index (χ1n) is 13.4. The molecule has 0 saturated heterocycles. The van der Waals surface area contributed by atoms with Gasteiger partial charge in [-0.1, -0.05) is 29.8 Å². The number of amides is 1. The van der Waals surface area contributed by atoms with Gasteiger partial charge >= 0.3 is 6.36 Å². The van der Waals surface area contributed by atoms with Crippen molar-refractivity contribution in [3.63, 3.8) is 0 Å². The lowest BCUT2D eigenvalue weighted by Crippen LogP contribution is -2.34. The van der Waals surface area contributed by atoms with Crippen molar-refractivity contribution >= 4 is 33.2 Å². The molecule has 0 fully saturated rings. The lowest BCUT2D eigenvalue weighted by atomic mass is 10.1. The lowest BCUT2D eigenvalue weighted by molar-refractivity contribution is -0.274. The largest absolute Gasteiger partial charge is 0.573 e. The fraction of sp³-hybridized carbons (Fsp3) is 0.194. The molecule has 4 rings (SSSR count). The van der Waals surface area contributed by atoms with E-state index in [9.17, 15) is 30.8 Å². The van der Waals surface area contributed by atoms with E-state index in [4.69, 9.17) is 16.3 Å². The third kappa shape index (κ3) is 8.64. The summed E-state index contributed by atoms with van der Waals surface area (Å²) in [5, 5.41) is 2.91. The van der Waals surface area contributed by atoms with Crippen molar-refractivity contribution < 1.29 is 44.6 Å². The summed E-state index contributed by atoms with van der Waals surface area (Å²) in [6, 6.07) is 17.6. The molecule has 0 radical (unpaired) electrons. The molecular weight excluding hydrogens is 643 g/mol. The van der Waals surface area contributed by atoms with Crippen molar-refractivity contribution in [3.8, 4) is 11.5 Å². The highest BCUT2D eigenvalue weighted by atomic mass is 35.5. The van der Waals surface area contributed by atoms with E-state index in [1.807, 2.05) is 0 Å². The van der Waals surface area contributed by atoms with Gasteiger partial charge in [-0.3, -0.25) is 9.10 Å². The maximum Gasteiger partial charge on any atom is 0.573 e. The molecule has 4 aromatic carbocycles. The van der Waals surface area contributed by atoms with Crippen molar-refractivity contribution in [2.45, 2.75) is 30.6 Å². The number of sulfonamides is 1. The summed E-state index contributed by atoms with van der Waals surface area (Å²) in [6.45, 7) is 1.72. The number of halogens is 6. The number of nitrogens with zero attached hydrogens (tertiary/aromatic N) is 1. The Labute approximate surface area is 261 Å². The summed E-state index contributed by atoms with van der Waals surface area (Å²) in [4.78, 5) is 12.2. The van der Waals surface area contributed by atoms with Gasteiger partial charge in [0.1, 0.15) is 23.1 Å². The molecule has 0 heterocycles. The molecule has 45 heavy (non-hydrogen) atoms. The van der Waals surface area contributed by atoms with Gasteiger partial charge in [-0.2, -0.15) is 0 Å². The molecule has 0 aromatic heterocycles. The van der Waals surface area contributed by atoms with Gasteiger partial charge in [0, 0.05) is 28.8 Å². The maximum atomic E-state index is 15.1. The molecule has 1 amide bonds. The van der Waals surface area contributed by atoms with Gasteiger partial charge in [-0.15, -0.1) is 13.2 Å². The zero-order valence-electron chi connectivity index (χ0n) is 23.5. The van der Waals surface area contributed by atoms with E-state index in [0.717, 1.165) is 34.6 Å². The Bertz CT molecular complexity index is 1740. The van der Waals surface area contributed by atoms with Crippen molar-refractivity contribution in [1.29, 1.82) is 0 Å². The Morgan fingerprint density at radius 3 is 2.29 bits per heavy atom. The average molecular weight is 669 g/mol. The molecule has 238 valence electrons. The van der Waals surface area contributed by atoms with Gasteiger partial charge < -0.3 is 14.8 Å². The SMILES string of the molecule is CC(c1ccccc1OCCCNC(=O)c1ccc(OC(F)(F)F)cc1)N(c1cc(F)ccc1F)S(=O)(=O)c1ccc(Cl)cc1. The number of benzene rings is 4. The van der Waals surface area contributed by atoms with Crippen molar-refractivity contribution in [2.24, 2.45) is 0 Å². The van der Waals surface area contributed by atoms with E-state index in [-0.39, 0.29) is 34.4 Å². The Morgan fingerprint density at radius 1 is 0.956 bits per heavy atom. The topological polar surface area (TPSA) is 84.9 Å². The van der Waals surface area contributed by atoms with E-state index < -0.39 is 51.4 Å². The molecule has 7 nitrogen and oxygen atoms in total. The molecule has 0 spiro atoms. The van der Waals surface area contributed by atoms with Gasteiger partial charge in [0.15, 0.2) is 0 Å². The molecular formula is C31H26ClF5N2O5S. The van der Waals surface area contributed by atoms with Crippen LogP contribution >= 0.6 is 11.6 Å². The normalized spacial score (nSPS) is 12.3. The Balaban J connectivity index is 1.47. The number of nitrogens with one attached hydrogen (secondary N) is 1. The number of hydrogen-bond acceptors (Lipinski definition) is 5. The molecule has 0 aliphatic heterocycles. The van der Waals surface area contributed by atoms with Crippen LogP contribution in [0.3, 0.4) is 0 Å². The molecule has 1 N–H and O–H groups in total. The second kappa shape index (κ2) is 14.2. The standard InChI is InChI=1S/C31H26ClF5N2O5S/c1-20(39(28-19-23(33)11-16-27(28)34)45(41,42)25-14-9-22(32)10-15-25)26-5-2-3-6-29(26)43-18-4-17-38-30(40)21-7-12-24(13-8-21)44-31(35,36)37/h2-3,5-16,19-20H,4,17-18H2,1H3,(H,38,40). The number of ether oxygens (including phenoxy) is 2. The van der Waals surface area contributed by atoms with Crippen LogP contribution in [0, 0.1) is 11.6 Å². The first-order chi connectivity index (χ1) is 21.3. The minimum absolute atomic E-state index is 0.0701. The average Bonchev–Trinajstić information content (AvgIpc) is 2.98. The molecule has 0 aliphatic carbocycles. The van der Waals surface area contributed by atoms with Gasteiger partial charge in [-0.05, 0) is 80.1 Å². The van der Waals surface area contributed by atoms with Gasteiger partial charge in [0.2, 0.25) is 0 Å². The lowest BCUT2D eigenvalue weighted by Gasteiger charge is -2.32. The third-order valence-electron chi connectivity index (χ3n) is 6.45. The van der Waals surface area contributed by atoms with Crippen LogP contribution < -0.4 is 19.1 Å². The van der Waals surface area contributed by atoms with Crippen molar-refractivity contribution in [2.75, 3.05) is 17.5 Å². The molecule has 1 atom stereocenters. The van der Waals surface area contributed by atoms with Gasteiger partial charge in [-0.25, -0.2) is 17.2 Å². The van der Waals surface area contributed by atoms with Gasteiger partial charge in [0.05, 0.1) is 23.2 Å². The third-order valence-corrected chi connectivity index (χ3v) is 8.60. The van der Waals surface area contributed by atoms with E-state index in [2.05, 4.69) is 10.1 Å². The predicted octanol–water partition coefficient (Wildman–Crippen LogP) is 7.67. The molecule has 0 bridgehead atoms. The second-order valence-electron chi connectivity index (χ2n) is 9.59. The fourth-order valence-electron chi connectivity index (χ4n) is 4.37. The number of rotatable bonds is 12. The van der Waals surface area contributed by atoms with Crippen LogP contribution in [0.15, 0.2) is 95.9 Å². The maximum absolute atomic E-state index is 15.1.